The van der Waals surface area contributed by atoms with E-state index in [0.717, 1.165) is 11.3 Å². The van der Waals surface area contributed by atoms with Gasteiger partial charge in [0.1, 0.15) is 11.4 Å². The molecule has 5 N–H and O–H groups in total. The first-order valence-corrected chi connectivity index (χ1v) is 9.87. The minimum absolute atomic E-state index is 0.0751. The van der Waals surface area contributed by atoms with E-state index in [-0.39, 0.29) is 32.3 Å². The summed E-state index contributed by atoms with van der Waals surface area (Å²) in [6.45, 7) is 8.78. The van der Waals surface area contributed by atoms with Gasteiger partial charge < -0.3 is 35.8 Å². The van der Waals surface area contributed by atoms with Gasteiger partial charge in [-0.1, -0.05) is 18.7 Å². The molecule has 0 unspecified atom stereocenters. The molecule has 0 aliphatic carbocycles. The third-order valence-electron chi connectivity index (χ3n) is 4.55. The zero-order valence-electron chi connectivity index (χ0n) is 17.9. The molecule has 9 heteroatoms. The van der Waals surface area contributed by atoms with Crippen molar-refractivity contribution in [2.24, 2.45) is 0 Å². The van der Waals surface area contributed by atoms with Crippen molar-refractivity contribution < 1.29 is 14.9 Å². The van der Waals surface area contributed by atoms with Crippen molar-refractivity contribution in [3.8, 4) is 5.75 Å². The van der Waals surface area contributed by atoms with Gasteiger partial charge >= 0.3 is 0 Å². The SMILES string of the molecule is C=CN(c1nc(N(CCO)CCO)nc(NCc2ccc(OC)cc2)c1N)C(C)C. The Morgan fingerprint density at radius 1 is 1.17 bits per heavy atom. The summed E-state index contributed by atoms with van der Waals surface area (Å²) >= 11 is 0. The molecule has 1 aromatic carbocycles. The summed E-state index contributed by atoms with van der Waals surface area (Å²) in [5.41, 5.74) is 7.84. The van der Waals surface area contributed by atoms with Crippen LogP contribution in [-0.4, -0.2) is 59.6 Å². The lowest BCUT2D eigenvalue weighted by Gasteiger charge is -2.28. The smallest absolute Gasteiger partial charge is 0.229 e. The molecular weight excluding hydrogens is 384 g/mol. The molecule has 0 saturated heterocycles. The number of aliphatic hydroxyl groups excluding tert-OH is 2. The second-order valence-corrected chi connectivity index (χ2v) is 6.93. The topological polar surface area (TPSA) is 120 Å². The Morgan fingerprint density at radius 3 is 2.30 bits per heavy atom. The summed E-state index contributed by atoms with van der Waals surface area (Å²) in [5.74, 6) is 2.14. The maximum absolute atomic E-state index is 9.40. The molecular formula is C21H32N6O3. The molecule has 2 aromatic rings. The Kier molecular flexibility index (Phi) is 8.70. The fourth-order valence-electron chi connectivity index (χ4n) is 2.94. The molecule has 0 bridgehead atoms. The van der Waals surface area contributed by atoms with E-state index in [1.54, 1.807) is 18.2 Å². The quantitative estimate of drug-likeness (QED) is 0.411. The van der Waals surface area contributed by atoms with Gasteiger partial charge in [-0.2, -0.15) is 9.97 Å². The van der Waals surface area contributed by atoms with E-state index in [4.69, 9.17) is 10.5 Å². The normalized spacial score (nSPS) is 10.7. The van der Waals surface area contributed by atoms with E-state index in [1.165, 1.54) is 0 Å². The zero-order chi connectivity index (χ0) is 22.1. The van der Waals surface area contributed by atoms with Crippen LogP contribution in [0.4, 0.5) is 23.3 Å². The number of ether oxygens (including phenoxy) is 1. The molecule has 1 heterocycles. The summed E-state index contributed by atoms with van der Waals surface area (Å²) in [4.78, 5) is 12.7. The number of hydrogen-bond acceptors (Lipinski definition) is 9. The van der Waals surface area contributed by atoms with Crippen molar-refractivity contribution in [1.29, 1.82) is 0 Å². The number of aromatic nitrogens is 2. The number of aliphatic hydroxyl groups is 2. The summed E-state index contributed by atoms with van der Waals surface area (Å²) in [6.07, 6.45) is 1.67. The van der Waals surface area contributed by atoms with Crippen LogP contribution in [0.5, 0.6) is 5.75 Å². The highest BCUT2D eigenvalue weighted by molar-refractivity contribution is 5.78. The van der Waals surface area contributed by atoms with Crippen molar-refractivity contribution in [1.82, 2.24) is 9.97 Å². The number of nitrogen functional groups attached to an aromatic ring is 1. The lowest BCUT2D eigenvalue weighted by Crippen LogP contribution is -2.33. The third-order valence-corrected chi connectivity index (χ3v) is 4.55. The van der Waals surface area contributed by atoms with Crippen LogP contribution in [-0.2, 0) is 6.54 Å². The molecule has 9 nitrogen and oxygen atoms in total. The van der Waals surface area contributed by atoms with Crippen LogP contribution in [0.25, 0.3) is 0 Å². The van der Waals surface area contributed by atoms with Crippen LogP contribution >= 0.6 is 0 Å². The molecule has 2 rings (SSSR count). The first-order chi connectivity index (χ1) is 14.4. The van der Waals surface area contributed by atoms with Gasteiger partial charge in [0.05, 0.1) is 20.3 Å². The molecule has 0 aliphatic heterocycles. The fraction of sp³-hybridized carbons (Fsp3) is 0.429. The highest BCUT2D eigenvalue weighted by Gasteiger charge is 2.20. The molecule has 0 radical (unpaired) electrons. The van der Waals surface area contributed by atoms with Crippen molar-refractivity contribution >= 4 is 23.3 Å². The minimum Gasteiger partial charge on any atom is -0.497 e. The van der Waals surface area contributed by atoms with Crippen molar-refractivity contribution in [2.45, 2.75) is 26.4 Å². The number of benzene rings is 1. The van der Waals surface area contributed by atoms with Gasteiger partial charge in [-0.25, -0.2) is 0 Å². The Hall–Kier alpha value is -3.04. The largest absolute Gasteiger partial charge is 0.497 e. The van der Waals surface area contributed by atoms with Crippen LogP contribution in [0.2, 0.25) is 0 Å². The van der Waals surface area contributed by atoms with Gasteiger partial charge in [0.15, 0.2) is 11.6 Å². The van der Waals surface area contributed by atoms with E-state index in [2.05, 4.69) is 21.9 Å². The van der Waals surface area contributed by atoms with Crippen LogP contribution in [0.15, 0.2) is 37.0 Å². The van der Waals surface area contributed by atoms with Gasteiger partial charge in [-0.15, -0.1) is 0 Å². The van der Waals surface area contributed by atoms with E-state index in [0.29, 0.717) is 29.8 Å². The zero-order valence-corrected chi connectivity index (χ0v) is 17.9. The van der Waals surface area contributed by atoms with Crippen LogP contribution in [0, 0.1) is 0 Å². The lowest BCUT2D eigenvalue weighted by atomic mass is 10.2. The Morgan fingerprint density at radius 2 is 1.80 bits per heavy atom. The second-order valence-electron chi connectivity index (χ2n) is 6.93. The highest BCUT2D eigenvalue weighted by Crippen LogP contribution is 2.31. The third kappa shape index (κ3) is 5.74. The molecule has 30 heavy (non-hydrogen) atoms. The average molecular weight is 417 g/mol. The Labute approximate surface area is 177 Å². The van der Waals surface area contributed by atoms with E-state index in [9.17, 15) is 10.2 Å². The first-order valence-electron chi connectivity index (χ1n) is 9.87. The lowest BCUT2D eigenvalue weighted by molar-refractivity contribution is 0.280. The first kappa shape index (κ1) is 23.2. The number of hydrogen-bond donors (Lipinski definition) is 4. The number of nitrogens with two attached hydrogens (primary N) is 1. The van der Waals surface area contributed by atoms with Crippen molar-refractivity contribution in [2.75, 3.05) is 54.3 Å². The number of nitrogens with zero attached hydrogens (tertiary/aromatic N) is 4. The molecule has 0 spiro atoms. The molecule has 0 aliphatic rings. The standard InChI is InChI=1S/C21H32N6O3/c1-5-27(15(2)3)20-18(22)19(23-14-16-6-8-17(30-4)9-7-16)24-21(25-20)26(10-12-28)11-13-29/h5-9,15,28-29H,1,10-14,22H2,2-4H3,(H,23,24,25). The summed E-state index contributed by atoms with van der Waals surface area (Å²) in [7, 11) is 1.63. The van der Waals surface area contributed by atoms with Crippen LogP contribution in [0.1, 0.15) is 19.4 Å². The molecule has 0 fully saturated rings. The Balaban J connectivity index is 2.42. The highest BCUT2D eigenvalue weighted by atomic mass is 16.5. The molecule has 0 saturated carbocycles. The number of rotatable bonds is 12. The Bertz CT molecular complexity index is 807. The monoisotopic (exact) mass is 416 g/mol. The maximum Gasteiger partial charge on any atom is 0.229 e. The van der Waals surface area contributed by atoms with Crippen LogP contribution in [0.3, 0.4) is 0 Å². The number of nitrogens with one attached hydrogen (secondary N) is 1. The fourth-order valence-corrected chi connectivity index (χ4v) is 2.94. The maximum atomic E-state index is 9.40. The summed E-state index contributed by atoms with van der Waals surface area (Å²) < 4.78 is 5.19. The number of methoxy groups -OCH3 is 1. The van der Waals surface area contributed by atoms with E-state index in [1.807, 2.05) is 43.0 Å². The molecule has 1 aromatic heterocycles. The van der Waals surface area contributed by atoms with Gasteiger partial charge in [-0.05, 0) is 37.7 Å². The predicted octanol–water partition coefficient (Wildman–Crippen LogP) is 1.83. The minimum atomic E-state index is -0.0902. The van der Waals surface area contributed by atoms with E-state index < -0.39 is 0 Å². The van der Waals surface area contributed by atoms with E-state index >= 15 is 0 Å². The van der Waals surface area contributed by atoms with Gasteiger partial charge in [0.25, 0.3) is 0 Å². The average Bonchev–Trinajstić information content (AvgIpc) is 2.74. The van der Waals surface area contributed by atoms with Crippen molar-refractivity contribution in [3.63, 3.8) is 0 Å². The van der Waals surface area contributed by atoms with Crippen LogP contribution < -0.4 is 25.6 Å². The predicted molar refractivity (Wildman–Crippen MR) is 121 cm³/mol. The summed E-state index contributed by atoms with van der Waals surface area (Å²) in [6, 6.07) is 7.77. The number of anilines is 4. The molecule has 164 valence electrons. The van der Waals surface area contributed by atoms with Gasteiger partial charge in [-0.3, -0.25) is 0 Å². The van der Waals surface area contributed by atoms with Gasteiger partial charge in [0, 0.05) is 25.7 Å². The molecule has 0 amide bonds. The summed E-state index contributed by atoms with van der Waals surface area (Å²) in [5, 5.41) is 22.1. The second kappa shape index (κ2) is 11.2. The van der Waals surface area contributed by atoms with Gasteiger partial charge in [0.2, 0.25) is 5.95 Å². The molecule has 0 atom stereocenters. The van der Waals surface area contributed by atoms with Crippen molar-refractivity contribution in [3.05, 3.63) is 42.6 Å².